The van der Waals surface area contributed by atoms with Crippen molar-refractivity contribution in [3.63, 3.8) is 0 Å². The van der Waals surface area contributed by atoms with Crippen molar-refractivity contribution in [2.24, 2.45) is 0 Å². The van der Waals surface area contributed by atoms with E-state index in [1.165, 1.54) is 38.5 Å². The number of nitrogens with zero attached hydrogens (tertiary/aromatic N) is 2. The normalized spacial score (nSPS) is 11.1. The van der Waals surface area contributed by atoms with Crippen molar-refractivity contribution in [2.75, 3.05) is 29.6 Å². The van der Waals surface area contributed by atoms with Gasteiger partial charge in [0, 0.05) is 40.2 Å². The number of nitrogens with one attached hydrogen (secondary N) is 3. The first-order valence-corrected chi connectivity index (χ1v) is 14.1. The summed E-state index contributed by atoms with van der Waals surface area (Å²) in [6, 6.07) is 24.5. The van der Waals surface area contributed by atoms with E-state index in [2.05, 4.69) is 25.3 Å². The molecule has 5 aromatic rings. The first kappa shape index (κ1) is 27.7. The van der Waals surface area contributed by atoms with Crippen molar-refractivity contribution >= 4 is 61.6 Å². The van der Waals surface area contributed by atoms with Crippen LogP contribution in [0.5, 0.6) is 11.5 Å². The summed E-state index contributed by atoms with van der Waals surface area (Å²) in [6.45, 7) is 0. The summed E-state index contributed by atoms with van der Waals surface area (Å²) in [7, 11) is -1.11. The van der Waals surface area contributed by atoms with Crippen molar-refractivity contribution < 1.29 is 22.7 Å². The molecule has 12 heteroatoms. The molecule has 10 nitrogen and oxygen atoms in total. The quantitative estimate of drug-likeness (QED) is 0.188. The second kappa shape index (κ2) is 11.7. The fourth-order valence-corrected chi connectivity index (χ4v) is 5.18. The van der Waals surface area contributed by atoms with Crippen LogP contribution >= 0.6 is 11.6 Å². The van der Waals surface area contributed by atoms with Gasteiger partial charge in [-0.2, -0.15) is 0 Å². The van der Waals surface area contributed by atoms with Gasteiger partial charge in [-0.15, -0.1) is 0 Å². The summed E-state index contributed by atoms with van der Waals surface area (Å²) < 4.78 is 40.3. The number of carbonyl (C=O) groups excluding carboxylic acids is 1. The molecule has 0 saturated carbocycles. The van der Waals surface area contributed by atoms with Crippen LogP contribution in [0.4, 0.5) is 23.0 Å². The van der Waals surface area contributed by atoms with Crippen molar-refractivity contribution in [2.45, 2.75) is 4.90 Å². The Balaban J connectivity index is 1.47. The number of methoxy groups -OCH3 is 2. The molecule has 0 bridgehead atoms. The van der Waals surface area contributed by atoms with Crippen molar-refractivity contribution in [1.29, 1.82) is 0 Å². The van der Waals surface area contributed by atoms with E-state index in [0.29, 0.717) is 38.8 Å². The van der Waals surface area contributed by atoms with Crippen LogP contribution in [-0.4, -0.2) is 38.5 Å². The van der Waals surface area contributed by atoms with Gasteiger partial charge in [0.2, 0.25) is 0 Å². The molecule has 0 aliphatic carbocycles. The Hall–Kier alpha value is -4.87. The molecule has 5 rings (SSSR count). The molecule has 0 fully saturated rings. The van der Waals surface area contributed by atoms with Gasteiger partial charge in [0.15, 0.2) is 11.6 Å². The molecule has 0 atom stereocenters. The summed E-state index contributed by atoms with van der Waals surface area (Å²) in [5.41, 5.74) is 2.20. The van der Waals surface area contributed by atoms with Crippen molar-refractivity contribution in [1.82, 2.24) is 9.97 Å². The number of hydrogen-bond acceptors (Lipinski definition) is 8. The van der Waals surface area contributed by atoms with Crippen LogP contribution in [0.1, 0.15) is 10.4 Å². The highest BCUT2D eigenvalue weighted by Crippen LogP contribution is 2.31. The van der Waals surface area contributed by atoms with Crippen molar-refractivity contribution in [3.8, 4) is 11.5 Å². The Labute approximate surface area is 241 Å². The van der Waals surface area contributed by atoms with E-state index in [0.717, 1.165) is 0 Å². The standard InChI is InChI=1S/C29H24ClN5O5S/c1-39-22-14-21(15-23(17-22)40-2)31-27-28(34-26-12-4-3-11-25(26)33-27)35-41(37,38)24-10-6-9-20(16-24)32-29(36)18-7-5-8-19(30)13-18/h3-17H,1-2H3,(H,31,33)(H,32,36)(H,34,35). The Morgan fingerprint density at radius 3 is 2.07 bits per heavy atom. The van der Waals surface area contributed by atoms with Gasteiger partial charge in [-0.3, -0.25) is 9.52 Å². The maximum Gasteiger partial charge on any atom is 0.263 e. The van der Waals surface area contributed by atoms with E-state index in [1.807, 2.05) is 6.07 Å². The highest BCUT2D eigenvalue weighted by molar-refractivity contribution is 7.92. The predicted octanol–water partition coefficient (Wildman–Crippen LogP) is 6.10. The molecule has 3 N–H and O–H groups in total. The van der Waals surface area contributed by atoms with E-state index in [4.69, 9.17) is 21.1 Å². The molecule has 0 saturated heterocycles. The second-order valence-corrected chi connectivity index (χ2v) is 10.9. The van der Waals surface area contributed by atoms with E-state index in [1.54, 1.807) is 60.7 Å². The summed E-state index contributed by atoms with van der Waals surface area (Å²) in [5, 5.41) is 6.23. The van der Waals surface area contributed by atoms with Gasteiger partial charge in [0.1, 0.15) is 11.5 Å². The molecule has 0 radical (unpaired) electrons. The predicted molar refractivity (Wildman–Crippen MR) is 159 cm³/mol. The number of aromatic nitrogens is 2. The van der Waals surface area contributed by atoms with Crippen LogP contribution in [0, 0.1) is 0 Å². The number of sulfonamides is 1. The smallest absolute Gasteiger partial charge is 0.263 e. The monoisotopic (exact) mass is 589 g/mol. The largest absolute Gasteiger partial charge is 0.497 e. The lowest BCUT2D eigenvalue weighted by molar-refractivity contribution is 0.102. The molecule has 4 aromatic carbocycles. The third-order valence-corrected chi connectivity index (χ3v) is 7.48. The maximum absolute atomic E-state index is 13.5. The Morgan fingerprint density at radius 2 is 1.41 bits per heavy atom. The number of hydrogen-bond donors (Lipinski definition) is 3. The molecule has 0 spiro atoms. The zero-order valence-electron chi connectivity index (χ0n) is 21.9. The van der Waals surface area contributed by atoms with E-state index >= 15 is 0 Å². The number of amides is 1. The zero-order chi connectivity index (χ0) is 29.0. The van der Waals surface area contributed by atoms with Crippen LogP contribution in [-0.2, 0) is 10.0 Å². The highest BCUT2D eigenvalue weighted by atomic mass is 35.5. The Morgan fingerprint density at radius 1 is 0.756 bits per heavy atom. The number of halogens is 1. The third kappa shape index (κ3) is 6.48. The van der Waals surface area contributed by atoms with Crippen LogP contribution in [0.15, 0.2) is 95.9 Å². The third-order valence-electron chi connectivity index (χ3n) is 5.90. The lowest BCUT2D eigenvalue weighted by atomic mass is 10.2. The fraction of sp³-hybridized carbons (Fsp3) is 0.0690. The van der Waals surface area contributed by atoms with E-state index in [9.17, 15) is 13.2 Å². The zero-order valence-corrected chi connectivity index (χ0v) is 23.5. The summed E-state index contributed by atoms with van der Waals surface area (Å²) >= 11 is 5.99. The van der Waals surface area contributed by atoms with E-state index in [-0.39, 0.29) is 22.2 Å². The summed E-state index contributed by atoms with van der Waals surface area (Å²) in [5.74, 6) is 0.751. The molecule has 0 aliphatic rings. The van der Waals surface area contributed by atoms with Crippen LogP contribution < -0.4 is 24.8 Å². The molecular formula is C29H24ClN5O5S. The van der Waals surface area contributed by atoms with Gasteiger partial charge >= 0.3 is 0 Å². The molecular weight excluding hydrogens is 566 g/mol. The average Bonchev–Trinajstić information content (AvgIpc) is 2.97. The lowest BCUT2D eigenvalue weighted by Crippen LogP contribution is -2.17. The molecule has 0 aliphatic heterocycles. The first-order chi connectivity index (χ1) is 19.7. The number of fused-ring (bicyclic) bond motifs is 1. The Kier molecular flexibility index (Phi) is 7.90. The van der Waals surface area contributed by atoms with Gasteiger partial charge in [0.05, 0.1) is 30.1 Å². The number of carbonyl (C=O) groups is 1. The Bertz CT molecular complexity index is 1840. The number of anilines is 4. The summed E-state index contributed by atoms with van der Waals surface area (Å²) in [6.07, 6.45) is 0. The molecule has 208 valence electrons. The maximum atomic E-state index is 13.5. The van der Waals surface area contributed by atoms with Crippen LogP contribution in [0.25, 0.3) is 11.0 Å². The minimum Gasteiger partial charge on any atom is -0.497 e. The van der Waals surface area contributed by atoms with Crippen LogP contribution in [0.3, 0.4) is 0 Å². The van der Waals surface area contributed by atoms with Gasteiger partial charge in [-0.05, 0) is 48.5 Å². The number of rotatable bonds is 9. The lowest BCUT2D eigenvalue weighted by Gasteiger charge is -2.15. The second-order valence-electron chi connectivity index (χ2n) is 8.73. The first-order valence-electron chi connectivity index (χ1n) is 12.2. The SMILES string of the molecule is COc1cc(Nc2nc3ccccc3nc2NS(=O)(=O)c2cccc(NC(=O)c3cccc(Cl)c3)c2)cc(OC)c1. The van der Waals surface area contributed by atoms with Gasteiger partial charge in [-0.25, -0.2) is 18.4 Å². The molecule has 0 unspecified atom stereocenters. The number of ether oxygens (including phenoxy) is 2. The van der Waals surface area contributed by atoms with E-state index < -0.39 is 15.9 Å². The van der Waals surface area contributed by atoms with Gasteiger partial charge < -0.3 is 20.1 Å². The minimum atomic E-state index is -4.17. The minimum absolute atomic E-state index is 0.0288. The van der Waals surface area contributed by atoms with Crippen LogP contribution in [0.2, 0.25) is 5.02 Å². The average molecular weight is 590 g/mol. The molecule has 41 heavy (non-hydrogen) atoms. The van der Waals surface area contributed by atoms with Gasteiger partial charge in [-0.1, -0.05) is 35.9 Å². The molecule has 1 amide bonds. The highest BCUT2D eigenvalue weighted by Gasteiger charge is 2.20. The molecule has 1 aromatic heterocycles. The number of benzene rings is 4. The summed E-state index contributed by atoms with van der Waals surface area (Å²) in [4.78, 5) is 21.7. The van der Waals surface area contributed by atoms with Gasteiger partial charge in [0.25, 0.3) is 15.9 Å². The topological polar surface area (TPSA) is 132 Å². The number of para-hydroxylation sites is 2. The van der Waals surface area contributed by atoms with Crippen molar-refractivity contribution in [3.05, 3.63) is 102 Å². The molecule has 1 heterocycles. The fourth-order valence-electron chi connectivity index (χ4n) is 3.93.